The molecule has 1 aromatic rings. The van der Waals surface area contributed by atoms with E-state index in [2.05, 4.69) is 10.6 Å². The van der Waals surface area contributed by atoms with Crippen LogP contribution in [0.4, 0.5) is 10.1 Å². The van der Waals surface area contributed by atoms with E-state index in [1.807, 2.05) is 0 Å². The molecule has 0 unspecified atom stereocenters. The van der Waals surface area contributed by atoms with Crippen molar-refractivity contribution in [2.24, 2.45) is 5.73 Å². The van der Waals surface area contributed by atoms with Crippen LogP contribution in [-0.2, 0) is 0 Å². The van der Waals surface area contributed by atoms with Crippen LogP contribution in [-0.4, -0.2) is 18.2 Å². The zero-order valence-electron chi connectivity index (χ0n) is 7.59. The Morgan fingerprint density at radius 3 is 2.57 bits per heavy atom. The maximum Gasteiger partial charge on any atom is 0.170 e. The highest BCUT2D eigenvalue weighted by atomic mass is 32.1. The van der Waals surface area contributed by atoms with Crippen molar-refractivity contribution in [2.45, 2.75) is 0 Å². The van der Waals surface area contributed by atoms with Crippen molar-refractivity contribution in [3.05, 3.63) is 30.1 Å². The Morgan fingerprint density at radius 1 is 1.36 bits per heavy atom. The largest absolute Gasteiger partial charge is 0.361 e. The van der Waals surface area contributed by atoms with E-state index in [9.17, 15) is 4.39 Å². The highest BCUT2D eigenvalue weighted by Gasteiger charge is 1.96. The highest BCUT2D eigenvalue weighted by molar-refractivity contribution is 7.80. The average Bonchev–Trinajstić information content (AvgIpc) is 2.18. The average molecular weight is 213 g/mol. The fourth-order valence-electron chi connectivity index (χ4n) is 0.894. The van der Waals surface area contributed by atoms with Crippen LogP contribution in [0.2, 0.25) is 0 Å². The van der Waals surface area contributed by atoms with E-state index in [1.54, 1.807) is 12.1 Å². The summed E-state index contributed by atoms with van der Waals surface area (Å²) >= 11 is 4.96. The number of anilines is 1. The lowest BCUT2D eigenvalue weighted by molar-refractivity contribution is 0.628. The van der Waals surface area contributed by atoms with Crippen LogP contribution >= 0.6 is 12.2 Å². The van der Waals surface area contributed by atoms with Crippen molar-refractivity contribution < 1.29 is 4.39 Å². The zero-order valence-corrected chi connectivity index (χ0v) is 8.40. The number of benzene rings is 1. The molecule has 0 saturated heterocycles. The molecule has 14 heavy (non-hydrogen) atoms. The Morgan fingerprint density at radius 2 is 2.00 bits per heavy atom. The summed E-state index contributed by atoms with van der Waals surface area (Å²) in [5.41, 5.74) is 6.04. The fourth-order valence-corrected chi connectivity index (χ4v) is 1.11. The van der Waals surface area contributed by atoms with Gasteiger partial charge in [-0.2, -0.15) is 0 Å². The van der Waals surface area contributed by atoms with E-state index in [-0.39, 0.29) is 5.82 Å². The number of thiocarbonyl (C=S) groups is 1. The van der Waals surface area contributed by atoms with Gasteiger partial charge in [-0.1, -0.05) is 0 Å². The standard InChI is InChI=1S/C9H12FN3S/c10-7-1-3-8(4-2-7)13-9(14)12-6-5-11/h1-4H,5-6,11H2,(H2,12,13,14). The first-order chi connectivity index (χ1) is 6.72. The van der Waals surface area contributed by atoms with Crippen LogP contribution in [0.1, 0.15) is 0 Å². The number of nitrogens with two attached hydrogens (primary N) is 1. The van der Waals surface area contributed by atoms with Gasteiger partial charge in [0.15, 0.2) is 5.11 Å². The van der Waals surface area contributed by atoms with Crippen molar-refractivity contribution in [1.29, 1.82) is 0 Å². The summed E-state index contributed by atoms with van der Waals surface area (Å²) in [5, 5.41) is 6.29. The second kappa shape index (κ2) is 5.51. The molecule has 0 aromatic heterocycles. The predicted octanol–water partition coefficient (Wildman–Crippen LogP) is 1.07. The lowest BCUT2D eigenvalue weighted by Crippen LogP contribution is -2.32. The molecule has 0 spiro atoms. The van der Waals surface area contributed by atoms with Crippen molar-refractivity contribution >= 4 is 23.0 Å². The summed E-state index contributed by atoms with van der Waals surface area (Å²) in [7, 11) is 0. The first kappa shape index (κ1) is 10.9. The van der Waals surface area contributed by atoms with E-state index >= 15 is 0 Å². The van der Waals surface area contributed by atoms with Gasteiger partial charge in [-0.15, -0.1) is 0 Å². The van der Waals surface area contributed by atoms with Gasteiger partial charge < -0.3 is 16.4 Å². The Balaban J connectivity index is 2.44. The SMILES string of the molecule is NCCNC(=S)Nc1ccc(F)cc1. The molecule has 0 atom stereocenters. The number of halogens is 1. The van der Waals surface area contributed by atoms with E-state index in [1.165, 1.54) is 12.1 Å². The number of hydrogen-bond acceptors (Lipinski definition) is 2. The molecule has 76 valence electrons. The summed E-state index contributed by atoms with van der Waals surface area (Å²) in [4.78, 5) is 0. The van der Waals surface area contributed by atoms with Gasteiger partial charge >= 0.3 is 0 Å². The van der Waals surface area contributed by atoms with Gasteiger partial charge in [-0.05, 0) is 36.5 Å². The Bertz CT molecular complexity index is 299. The monoisotopic (exact) mass is 213 g/mol. The van der Waals surface area contributed by atoms with Gasteiger partial charge in [0.25, 0.3) is 0 Å². The molecular formula is C9H12FN3S. The van der Waals surface area contributed by atoms with Gasteiger partial charge in [0.05, 0.1) is 0 Å². The molecule has 0 heterocycles. The summed E-state index contributed by atoms with van der Waals surface area (Å²) in [6.07, 6.45) is 0. The van der Waals surface area contributed by atoms with Crippen molar-refractivity contribution in [1.82, 2.24) is 5.32 Å². The maximum absolute atomic E-state index is 12.5. The summed E-state index contributed by atoms with van der Waals surface area (Å²) in [6.45, 7) is 1.14. The van der Waals surface area contributed by atoms with Crippen LogP contribution < -0.4 is 16.4 Å². The zero-order chi connectivity index (χ0) is 10.4. The maximum atomic E-state index is 12.5. The van der Waals surface area contributed by atoms with Crippen LogP contribution in [0.3, 0.4) is 0 Å². The Kier molecular flexibility index (Phi) is 4.28. The fraction of sp³-hybridized carbons (Fsp3) is 0.222. The lowest BCUT2D eigenvalue weighted by Gasteiger charge is -2.08. The van der Waals surface area contributed by atoms with Gasteiger partial charge in [-0.3, -0.25) is 0 Å². The Labute approximate surface area is 87.5 Å². The molecule has 4 N–H and O–H groups in total. The third kappa shape index (κ3) is 3.68. The molecular weight excluding hydrogens is 201 g/mol. The van der Waals surface area contributed by atoms with Crippen LogP contribution in [0.15, 0.2) is 24.3 Å². The first-order valence-corrected chi connectivity index (χ1v) is 4.63. The smallest absolute Gasteiger partial charge is 0.170 e. The van der Waals surface area contributed by atoms with Gasteiger partial charge in [0.1, 0.15) is 5.82 Å². The minimum atomic E-state index is -0.267. The second-order valence-electron chi connectivity index (χ2n) is 2.68. The lowest BCUT2D eigenvalue weighted by atomic mass is 10.3. The number of rotatable bonds is 3. The molecule has 0 radical (unpaired) electrons. The van der Waals surface area contributed by atoms with E-state index in [4.69, 9.17) is 18.0 Å². The van der Waals surface area contributed by atoms with Crippen LogP contribution in [0, 0.1) is 5.82 Å². The third-order valence-corrected chi connectivity index (χ3v) is 1.78. The second-order valence-corrected chi connectivity index (χ2v) is 3.08. The summed E-state index contributed by atoms with van der Waals surface area (Å²) in [6, 6.07) is 5.97. The minimum Gasteiger partial charge on any atom is -0.361 e. The molecule has 0 aliphatic carbocycles. The number of hydrogen-bond donors (Lipinski definition) is 3. The molecule has 1 aromatic carbocycles. The van der Waals surface area contributed by atoms with Crippen molar-refractivity contribution in [3.63, 3.8) is 0 Å². The molecule has 1 rings (SSSR count). The molecule has 3 nitrogen and oxygen atoms in total. The third-order valence-electron chi connectivity index (χ3n) is 1.53. The first-order valence-electron chi connectivity index (χ1n) is 4.23. The van der Waals surface area contributed by atoms with Gasteiger partial charge in [0.2, 0.25) is 0 Å². The molecule has 0 amide bonds. The van der Waals surface area contributed by atoms with E-state index in [0.717, 1.165) is 5.69 Å². The van der Waals surface area contributed by atoms with E-state index in [0.29, 0.717) is 18.2 Å². The Hall–Kier alpha value is -1.20. The molecule has 5 heteroatoms. The molecule has 0 aliphatic heterocycles. The van der Waals surface area contributed by atoms with E-state index < -0.39 is 0 Å². The summed E-state index contributed by atoms with van der Waals surface area (Å²) < 4.78 is 12.5. The number of nitrogens with one attached hydrogen (secondary N) is 2. The van der Waals surface area contributed by atoms with Crippen molar-refractivity contribution in [3.8, 4) is 0 Å². The molecule has 0 fully saturated rings. The molecule has 0 saturated carbocycles. The normalized spacial score (nSPS) is 9.57. The van der Waals surface area contributed by atoms with Crippen molar-refractivity contribution in [2.75, 3.05) is 18.4 Å². The van der Waals surface area contributed by atoms with Crippen LogP contribution in [0.25, 0.3) is 0 Å². The van der Waals surface area contributed by atoms with Crippen LogP contribution in [0.5, 0.6) is 0 Å². The highest BCUT2D eigenvalue weighted by Crippen LogP contribution is 2.07. The minimum absolute atomic E-state index is 0.267. The topological polar surface area (TPSA) is 50.1 Å². The molecule has 0 bridgehead atoms. The quantitative estimate of drug-likeness (QED) is 0.657. The van der Waals surface area contributed by atoms with Gasteiger partial charge in [-0.25, -0.2) is 4.39 Å². The predicted molar refractivity (Wildman–Crippen MR) is 59.7 cm³/mol. The van der Waals surface area contributed by atoms with Gasteiger partial charge in [0, 0.05) is 18.8 Å². The molecule has 0 aliphatic rings. The summed E-state index contributed by atoms with van der Waals surface area (Å²) in [5.74, 6) is -0.267.